The van der Waals surface area contributed by atoms with Crippen LogP contribution in [0, 0.1) is 0 Å². The van der Waals surface area contributed by atoms with Crippen LogP contribution >= 0.6 is 12.6 Å². The second-order valence-electron chi connectivity index (χ2n) is 4.60. The highest BCUT2D eigenvalue weighted by atomic mass is 32.1. The Bertz CT molecular complexity index is 629. The summed E-state index contributed by atoms with van der Waals surface area (Å²) in [6.45, 7) is 0. The van der Waals surface area contributed by atoms with Crippen LogP contribution in [0.15, 0.2) is 23.1 Å². The van der Waals surface area contributed by atoms with E-state index in [1.165, 1.54) is 13.1 Å². The van der Waals surface area contributed by atoms with Gasteiger partial charge in [-0.1, -0.05) is 6.07 Å². The van der Waals surface area contributed by atoms with Crippen molar-refractivity contribution in [3.05, 3.63) is 29.3 Å². The molecule has 0 aliphatic carbocycles. The Labute approximate surface area is 126 Å². The van der Waals surface area contributed by atoms with Gasteiger partial charge in [0.25, 0.3) is 11.8 Å². The van der Waals surface area contributed by atoms with Crippen molar-refractivity contribution in [2.24, 2.45) is 0 Å². The number of imide groups is 1. The number of thiol groups is 1. The van der Waals surface area contributed by atoms with Gasteiger partial charge in [-0.3, -0.25) is 19.3 Å². The molecular weight excluding hydrogens is 292 g/mol. The van der Waals surface area contributed by atoms with E-state index in [0.29, 0.717) is 11.2 Å². The number of hydrogen-bond donors (Lipinski definition) is 2. The summed E-state index contributed by atoms with van der Waals surface area (Å²) in [7, 11) is 1.48. The molecule has 0 fully saturated rings. The molecule has 0 bridgehead atoms. The van der Waals surface area contributed by atoms with Crippen molar-refractivity contribution in [1.29, 1.82) is 0 Å². The standard InChI is InChI=1S/C14H14N2O4S/c1-15-11(18)6-5-8(7-17)16-13(19)9-3-2-4-10(21)12(9)14(16)20/h2-4,7-8,21H,5-6H2,1H3,(H,15,18). The molecule has 3 amide bonds. The van der Waals surface area contributed by atoms with Crippen molar-refractivity contribution < 1.29 is 19.2 Å². The Kier molecular flexibility index (Phi) is 4.42. The lowest BCUT2D eigenvalue weighted by molar-refractivity contribution is -0.121. The number of hydrogen-bond acceptors (Lipinski definition) is 5. The average Bonchev–Trinajstić information content (AvgIpc) is 2.73. The second-order valence-corrected chi connectivity index (χ2v) is 5.08. The van der Waals surface area contributed by atoms with Crippen LogP contribution in [0.5, 0.6) is 0 Å². The third-order valence-corrected chi connectivity index (χ3v) is 3.73. The van der Waals surface area contributed by atoms with Crippen molar-refractivity contribution in [1.82, 2.24) is 10.2 Å². The smallest absolute Gasteiger partial charge is 0.263 e. The molecule has 0 spiro atoms. The molecule has 1 aromatic carbocycles. The molecule has 6 nitrogen and oxygen atoms in total. The first-order chi connectivity index (χ1) is 10.0. The van der Waals surface area contributed by atoms with Crippen LogP contribution in [0.2, 0.25) is 0 Å². The van der Waals surface area contributed by atoms with Gasteiger partial charge in [0.2, 0.25) is 5.91 Å². The van der Waals surface area contributed by atoms with Crippen LogP contribution in [0.1, 0.15) is 33.6 Å². The number of nitrogens with one attached hydrogen (secondary N) is 1. The van der Waals surface area contributed by atoms with Crippen molar-refractivity contribution >= 4 is 36.6 Å². The van der Waals surface area contributed by atoms with Gasteiger partial charge in [-0.15, -0.1) is 12.6 Å². The first kappa shape index (κ1) is 15.2. The highest BCUT2D eigenvalue weighted by Gasteiger charge is 2.40. The Hall–Kier alpha value is -2.15. The molecule has 1 aliphatic rings. The fourth-order valence-corrected chi connectivity index (χ4v) is 2.55. The Morgan fingerprint density at radius 3 is 2.67 bits per heavy atom. The van der Waals surface area contributed by atoms with Crippen LogP contribution in [-0.4, -0.2) is 42.0 Å². The van der Waals surface area contributed by atoms with Crippen molar-refractivity contribution in [3.8, 4) is 0 Å². The minimum absolute atomic E-state index is 0.0566. The Balaban J connectivity index is 2.27. The molecule has 21 heavy (non-hydrogen) atoms. The largest absolute Gasteiger partial charge is 0.359 e. The molecule has 0 saturated heterocycles. The van der Waals surface area contributed by atoms with Gasteiger partial charge in [-0.2, -0.15) is 0 Å². The zero-order valence-corrected chi connectivity index (χ0v) is 12.2. The third-order valence-electron chi connectivity index (χ3n) is 3.36. The molecule has 7 heteroatoms. The zero-order chi connectivity index (χ0) is 15.6. The summed E-state index contributed by atoms with van der Waals surface area (Å²) in [6, 6.07) is 3.80. The predicted molar refractivity (Wildman–Crippen MR) is 77.3 cm³/mol. The lowest BCUT2D eigenvalue weighted by Gasteiger charge is -2.20. The number of rotatable bonds is 5. The summed E-state index contributed by atoms with van der Waals surface area (Å²) in [5.74, 6) is -1.33. The van der Waals surface area contributed by atoms with E-state index in [1.54, 1.807) is 12.1 Å². The molecular formula is C14H14N2O4S. The van der Waals surface area contributed by atoms with Crippen LogP contribution in [0.3, 0.4) is 0 Å². The molecule has 1 heterocycles. The number of fused-ring (bicyclic) bond motifs is 1. The van der Waals surface area contributed by atoms with Crippen molar-refractivity contribution in [3.63, 3.8) is 0 Å². The zero-order valence-electron chi connectivity index (χ0n) is 11.3. The minimum atomic E-state index is -0.956. The minimum Gasteiger partial charge on any atom is -0.359 e. The second kappa shape index (κ2) is 6.09. The summed E-state index contributed by atoms with van der Waals surface area (Å²) >= 11 is 4.17. The molecule has 0 radical (unpaired) electrons. The van der Waals surface area contributed by atoms with E-state index in [4.69, 9.17) is 0 Å². The van der Waals surface area contributed by atoms with Crippen LogP contribution in [0.4, 0.5) is 0 Å². The number of aldehydes is 1. The van der Waals surface area contributed by atoms with E-state index < -0.39 is 17.9 Å². The summed E-state index contributed by atoms with van der Waals surface area (Å²) < 4.78 is 0. The number of carbonyl (C=O) groups is 4. The number of nitrogens with zero attached hydrogens (tertiary/aromatic N) is 1. The molecule has 0 aromatic heterocycles. The predicted octanol–water partition coefficient (Wildman–Crippen LogP) is 0.665. The van der Waals surface area contributed by atoms with E-state index >= 15 is 0 Å². The highest BCUT2D eigenvalue weighted by Crippen LogP contribution is 2.29. The summed E-state index contributed by atoms with van der Waals surface area (Å²) in [4.78, 5) is 48.4. The number of benzene rings is 1. The monoisotopic (exact) mass is 306 g/mol. The Morgan fingerprint density at radius 2 is 2.10 bits per heavy atom. The molecule has 110 valence electrons. The molecule has 1 atom stereocenters. The van der Waals surface area contributed by atoms with Crippen molar-refractivity contribution in [2.45, 2.75) is 23.8 Å². The number of amides is 3. The topological polar surface area (TPSA) is 83.6 Å². The number of carbonyl (C=O) groups excluding carboxylic acids is 4. The fraction of sp³-hybridized carbons (Fsp3) is 0.286. The summed E-state index contributed by atoms with van der Waals surface area (Å²) in [6.07, 6.45) is 0.667. The van der Waals surface area contributed by atoms with Crippen molar-refractivity contribution in [2.75, 3.05) is 7.05 Å². The van der Waals surface area contributed by atoms with E-state index in [2.05, 4.69) is 17.9 Å². The van der Waals surface area contributed by atoms with Gasteiger partial charge < -0.3 is 10.1 Å². The maximum atomic E-state index is 12.3. The van der Waals surface area contributed by atoms with Gasteiger partial charge in [0.05, 0.1) is 17.2 Å². The molecule has 1 aromatic rings. The van der Waals surface area contributed by atoms with Gasteiger partial charge in [0.15, 0.2) is 0 Å². The SMILES string of the molecule is CNC(=O)CCC(C=O)N1C(=O)c2cccc(S)c2C1=O. The normalized spacial score (nSPS) is 14.9. The highest BCUT2D eigenvalue weighted by molar-refractivity contribution is 7.80. The average molecular weight is 306 g/mol. The maximum absolute atomic E-state index is 12.3. The van der Waals surface area contributed by atoms with Gasteiger partial charge in [0.1, 0.15) is 6.29 Å². The van der Waals surface area contributed by atoms with Gasteiger partial charge in [0, 0.05) is 18.4 Å². The quantitative estimate of drug-likeness (QED) is 0.476. The van der Waals surface area contributed by atoms with Crippen LogP contribution < -0.4 is 5.32 Å². The van der Waals surface area contributed by atoms with Crippen LogP contribution in [0.25, 0.3) is 0 Å². The summed E-state index contributed by atoms with van der Waals surface area (Å²) in [5, 5.41) is 2.43. The first-order valence-corrected chi connectivity index (χ1v) is 6.81. The molecule has 2 rings (SSSR count). The fourth-order valence-electron chi connectivity index (χ4n) is 2.25. The van der Waals surface area contributed by atoms with Gasteiger partial charge in [-0.25, -0.2) is 0 Å². The molecule has 1 aliphatic heterocycles. The van der Waals surface area contributed by atoms with E-state index in [0.717, 1.165) is 4.90 Å². The first-order valence-electron chi connectivity index (χ1n) is 6.37. The third kappa shape index (κ3) is 2.69. The molecule has 1 unspecified atom stereocenters. The van der Waals surface area contributed by atoms with E-state index in [9.17, 15) is 19.2 Å². The summed E-state index contributed by atoms with van der Waals surface area (Å²) in [5.41, 5.74) is 0.442. The van der Waals surface area contributed by atoms with Gasteiger partial charge >= 0.3 is 0 Å². The van der Waals surface area contributed by atoms with E-state index in [1.807, 2.05) is 0 Å². The van der Waals surface area contributed by atoms with E-state index in [-0.39, 0.29) is 29.9 Å². The van der Waals surface area contributed by atoms with Gasteiger partial charge in [-0.05, 0) is 18.6 Å². The Morgan fingerprint density at radius 1 is 1.38 bits per heavy atom. The molecule has 0 saturated carbocycles. The lowest BCUT2D eigenvalue weighted by Crippen LogP contribution is -2.41. The molecule has 1 N–H and O–H groups in total. The maximum Gasteiger partial charge on any atom is 0.263 e. The lowest BCUT2D eigenvalue weighted by atomic mass is 10.1. The van der Waals surface area contributed by atoms with Crippen LogP contribution in [-0.2, 0) is 9.59 Å².